The van der Waals surface area contributed by atoms with Gasteiger partial charge in [0.25, 0.3) is 5.56 Å². The normalized spacial score (nSPS) is 11.2. The quantitative estimate of drug-likeness (QED) is 0.789. The highest BCUT2D eigenvalue weighted by Crippen LogP contribution is 2.12. The second-order valence-electron chi connectivity index (χ2n) is 4.12. The second kappa shape index (κ2) is 4.49. The summed E-state index contributed by atoms with van der Waals surface area (Å²) < 4.78 is 1.73. The summed E-state index contributed by atoms with van der Waals surface area (Å²) in [4.78, 5) is 11.9. The van der Waals surface area contributed by atoms with Crippen LogP contribution in [0, 0.1) is 6.92 Å². The van der Waals surface area contributed by atoms with Crippen LogP contribution in [0.5, 0.6) is 0 Å². The third kappa shape index (κ3) is 2.08. The van der Waals surface area contributed by atoms with E-state index in [1.54, 1.807) is 4.68 Å². The maximum Gasteiger partial charge on any atom is 0.270 e. The van der Waals surface area contributed by atoms with E-state index in [9.17, 15) is 4.79 Å². The standard InChI is InChI=1S/C11H20N2O/c1-5-6-7-13-11(14)10(8(2)3)9(4)12-13/h8,12H,5-7H2,1-4H3. The molecule has 0 saturated carbocycles. The average molecular weight is 196 g/mol. The van der Waals surface area contributed by atoms with Gasteiger partial charge in [0.2, 0.25) is 0 Å². The Bertz CT molecular complexity index is 347. The van der Waals surface area contributed by atoms with Gasteiger partial charge in [-0.3, -0.25) is 14.6 Å². The molecule has 1 N–H and O–H groups in total. The van der Waals surface area contributed by atoms with Gasteiger partial charge >= 0.3 is 0 Å². The van der Waals surface area contributed by atoms with Gasteiger partial charge in [-0.2, -0.15) is 0 Å². The number of aromatic amines is 1. The van der Waals surface area contributed by atoms with Gasteiger partial charge in [0.15, 0.2) is 0 Å². The van der Waals surface area contributed by atoms with E-state index in [2.05, 4.69) is 25.9 Å². The lowest BCUT2D eigenvalue weighted by atomic mass is 10.1. The Morgan fingerprint density at radius 2 is 2.07 bits per heavy atom. The topological polar surface area (TPSA) is 37.8 Å². The van der Waals surface area contributed by atoms with E-state index in [1.165, 1.54) is 0 Å². The van der Waals surface area contributed by atoms with Crippen molar-refractivity contribution in [3.63, 3.8) is 0 Å². The van der Waals surface area contributed by atoms with Crippen molar-refractivity contribution < 1.29 is 0 Å². The number of H-pyrrole nitrogens is 1. The van der Waals surface area contributed by atoms with Crippen LogP contribution in [0.25, 0.3) is 0 Å². The summed E-state index contributed by atoms with van der Waals surface area (Å²) >= 11 is 0. The predicted octanol–water partition coefficient (Wildman–Crippen LogP) is 2.41. The van der Waals surface area contributed by atoms with Crippen LogP contribution in [0.3, 0.4) is 0 Å². The minimum Gasteiger partial charge on any atom is -0.300 e. The third-order valence-corrected chi connectivity index (χ3v) is 2.49. The zero-order chi connectivity index (χ0) is 10.7. The Morgan fingerprint density at radius 3 is 2.50 bits per heavy atom. The first-order chi connectivity index (χ1) is 6.57. The van der Waals surface area contributed by atoms with Gasteiger partial charge in [0.1, 0.15) is 0 Å². The minimum absolute atomic E-state index is 0.158. The zero-order valence-corrected chi connectivity index (χ0v) is 9.55. The summed E-state index contributed by atoms with van der Waals surface area (Å²) in [6.07, 6.45) is 2.17. The number of aromatic nitrogens is 2. The molecule has 0 amide bonds. The second-order valence-corrected chi connectivity index (χ2v) is 4.12. The van der Waals surface area contributed by atoms with Crippen molar-refractivity contribution in [2.75, 3.05) is 0 Å². The summed E-state index contributed by atoms with van der Waals surface area (Å²) in [7, 11) is 0. The van der Waals surface area contributed by atoms with Crippen molar-refractivity contribution in [2.45, 2.75) is 53.0 Å². The Hall–Kier alpha value is -0.990. The van der Waals surface area contributed by atoms with Gasteiger partial charge in [-0.25, -0.2) is 0 Å². The fourth-order valence-corrected chi connectivity index (χ4v) is 1.77. The number of nitrogens with zero attached hydrogens (tertiary/aromatic N) is 1. The Labute approximate surface area is 85.1 Å². The summed E-state index contributed by atoms with van der Waals surface area (Å²) in [5.74, 6) is 0.307. The molecule has 0 unspecified atom stereocenters. The molecular weight excluding hydrogens is 176 g/mol. The molecule has 0 aliphatic carbocycles. The molecule has 0 bridgehead atoms. The number of unbranched alkanes of at least 4 members (excludes halogenated alkanes) is 1. The number of hydrogen-bond acceptors (Lipinski definition) is 1. The molecular formula is C11H20N2O. The lowest BCUT2D eigenvalue weighted by molar-refractivity contribution is 0.553. The van der Waals surface area contributed by atoms with E-state index >= 15 is 0 Å². The molecule has 80 valence electrons. The van der Waals surface area contributed by atoms with Crippen molar-refractivity contribution in [1.29, 1.82) is 0 Å². The number of rotatable bonds is 4. The van der Waals surface area contributed by atoms with E-state index < -0.39 is 0 Å². The third-order valence-electron chi connectivity index (χ3n) is 2.49. The van der Waals surface area contributed by atoms with Gasteiger partial charge in [0, 0.05) is 17.8 Å². The van der Waals surface area contributed by atoms with Crippen LogP contribution in [0.4, 0.5) is 0 Å². The summed E-state index contributed by atoms with van der Waals surface area (Å²) in [5, 5.41) is 3.13. The molecule has 3 heteroatoms. The number of nitrogens with one attached hydrogen (secondary N) is 1. The SMILES string of the molecule is CCCCn1[nH]c(C)c(C(C)C)c1=O. The fourth-order valence-electron chi connectivity index (χ4n) is 1.77. The molecule has 1 heterocycles. The molecule has 0 spiro atoms. The van der Waals surface area contributed by atoms with Crippen LogP contribution in [-0.4, -0.2) is 9.78 Å². The first kappa shape index (κ1) is 11.1. The molecule has 1 aromatic heterocycles. The summed E-state index contributed by atoms with van der Waals surface area (Å²) in [6.45, 7) is 9.02. The molecule has 0 atom stereocenters. The average Bonchev–Trinajstić information content (AvgIpc) is 2.38. The largest absolute Gasteiger partial charge is 0.300 e. The molecule has 1 rings (SSSR count). The molecule has 14 heavy (non-hydrogen) atoms. The molecule has 1 aromatic rings. The lowest BCUT2D eigenvalue weighted by Crippen LogP contribution is -2.19. The lowest BCUT2D eigenvalue weighted by Gasteiger charge is -1.99. The van der Waals surface area contributed by atoms with E-state index in [0.29, 0.717) is 5.92 Å². The van der Waals surface area contributed by atoms with Crippen LogP contribution < -0.4 is 5.56 Å². The first-order valence-corrected chi connectivity index (χ1v) is 5.37. The van der Waals surface area contributed by atoms with E-state index in [0.717, 1.165) is 30.6 Å². The molecule has 0 fully saturated rings. The zero-order valence-electron chi connectivity index (χ0n) is 9.55. The van der Waals surface area contributed by atoms with E-state index in [4.69, 9.17) is 0 Å². The molecule has 3 nitrogen and oxygen atoms in total. The van der Waals surface area contributed by atoms with Gasteiger partial charge in [-0.05, 0) is 19.3 Å². The monoisotopic (exact) mass is 196 g/mol. The van der Waals surface area contributed by atoms with Crippen LogP contribution >= 0.6 is 0 Å². The van der Waals surface area contributed by atoms with Crippen molar-refractivity contribution in [1.82, 2.24) is 9.78 Å². The smallest absolute Gasteiger partial charge is 0.270 e. The Balaban J connectivity index is 2.99. The molecule has 0 aliphatic rings. The highest BCUT2D eigenvalue weighted by Gasteiger charge is 2.13. The van der Waals surface area contributed by atoms with Crippen LogP contribution in [0.2, 0.25) is 0 Å². The van der Waals surface area contributed by atoms with Crippen molar-refractivity contribution in [2.24, 2.45) is 0 Å². The van der Waals surface area contributed by atoms with Crippen molar-refractivity contribution in [3.05, 3.63) is 21.6 Å². The maximum absolute atomic E-state index is 11.9. The Kier molecular flexibility index (Phi) is 3.55. The van der Waals surface area contributed by atoms with Crippen LogP contribution in [0.1, 0.15) is 50.8 Å². The molecule has 0 aromatic carbocycles. The van der Waals surface area contributed by atoms with Gasteiger partial charge in [-0.15, -0.1) is 0 Å². The first-order valence-electron chi connectivity index (χ1n) is 5.37. The van der Waals surface area contributed by atoms with Crippen LogP contribution in [0.15, 0.2) is 4.79 Å². The van der Waals surface area contributed by atoms with Gasteiger partial charge in [0.05, 0.1) is 0 Å². The predicted molar refractivity (Wildman–Crippen MR) is 58.8 cm³/mol. The highest BCUT2D eigenvalue weighted by molar-refractivity contribution is 5.19. The summed E-state index contributed by atoms with van der Waals surface area (Å²) in [5.41, 5.74) is 2.10. The summed E-state index contributed by atoms with van der Waals surface area (Å²) in [6, 6.07) is 0. The number of hydrogen-bond donors (Lipinski definition) is 1. The molecule has 0 radical (unpaired) electrons. The van der Waals surface area contributed by atoms with E-state index in [1.807, 2.05) is 6.92 Å². The highest BCUT2D eigenvalue weighted by atomic mass is 16.1. The molecule has 0 saturated heterocycles. The minimum atomic E-state index is 0.158. The van der Waals surface area contributed by atoms with Crippen LogP contribution in [-0.2, 0) is 6.54 Å². The van der Waals surface area contributed by atoms with E-state index in [-0.39, 0.29) is 5.56 Å². The number of aryl methyl sites for hydroxylation is 2. The van der Waals surface area contributed by atoms with Crippen molar-refractivity contribution in [3.8, 4) is 0 Å². The van der Waals surface area contributed by atoms with Crippen molar-refractivity contribution >= 4 is 0 Å². The van der Waals surface area contributed by atoms with Gasteiger partial charge in [-0.1, -0.05) is 27.2 Å². The Morgan fingerprint density at radius 1 is 1.43 bits per heavy atom. The molecule has 0 aliphatic heterocycles. The fraction of sp³-hybridized carbons (Fsp3) is 0.727. The maximum atomic E-state index is 11.9. The van der Waals surface area contributed by atoms with Gasteiger partial charge < -0.3 is 0 Å².